The van der Waals surface area contributed by atoms with Crippen LogP contribution < -0.4 is 4.74 Å². The molecule has 1 N–H and O–H groups in total. The van der Waals surface area contributed by atoms with E-state index in [1.807, 2.05) is 0 Å². The SMILES string of the molecule is OCc1cccc(-c2cnc(OCC3CCOC3)nc2)c1F. The van der Waals surface area contributed by atoms with Crippen LogP contribution in [0.5, 0.6) is 6.01 Å². The summed E-state index contributed by atoms with van der Waals surface area (Å²) in [7, 11) is 0. The van der Waals surface area contributed by atoms with Gasteiger partial charge < -0.3 is 14.6 Å². The minimum absolute atomic E-state index is 0.249. The van der Waals surface area contributed by atoms with E-state index in [1.165, 1.54) is 12.4 Å². The first-order valence-electron chi connectivity index (χ1n) is 7.19. The van der Waals surface area contributed by atoms with Crippen LogP contribution in [0.3, 0.4) is 0 Å². The van der Waals surface area contributed by atoms with Gasteiger partial charge in [0.05, 0.1) is 19.8 Å². The highest BCUT2D eigenvalue weighted by Crippen LogP contribution is 2.24. The summed E-state index contributed by atoms with van der Waals surface area (Å²) in [5.41, 5.74) is 1.16. The van der Waals surface area contributed by atoms with Crippen LogP contribution in [0.15, 0.2) is 30.6 Å². The van der Waals surface area contributed by atoms with Gasteiger partial charge in [0.25, 0.3) is 0 Å². The zero-order valence-corrected chi connectivity index (χ0v) is 12.0. The molecule has 0 bridgehead atoms. The molecule has 1 atom stereocenters. The largest absolute Gasteiger partial charge is 0.463 e. The molecule has 2 heterocycles. The quantitative estimate of drug-likeness (QED) is 0.917. The molecule has 1 fully saturated rings. The maximum Gasteiger partial charge on any atom is 0.316 e. The number of hydrogen-bond donors (Lipinski definition) is 1. The Bertz CT molecular complexity index is 628. The molecule has 1 unspecified atom stereocenters. The topological polar surface area (TPSA) is 64.5 Å². The molecule has 3 rings (SSSR count). The molecule has 2 aromatic rings. The Balaban J connectivity index is 1.71. The lowest BCUT2D eigenvalue weighted by Crippen LogP contribution is -2.12. The molecule has 0 spiro atoms. The molecular formula is C16H17FN2O3. The fourth-order valence-electron chi connectivity index (χ4n) is 2.36. The summed E-state index contributed by atoms with van der Waals surface area (Å²) in [4.78, 5) is 8.22. The summed E-state index contributed by atoms with van der Waals surface area (Å²) in [6.45, 7) is 1.66. The molecule has 1 aliphatic rings. The molecule has 0 radical (unpaired) electrons. The first kappa shape index (κ1) is 14.9. The Kier molecular flexibility index (Phi) is 4.60. The Morgan fingerprint density at radius 3 is 2.82 bits per heavy atom. The number of hydrogen-bond acceptors (Lipinski definition) is 5. The Morgan fingerprint density at radius 2 is 2.14 bits per heavy atom. The summed E-state index contributed by atoms with van der Waals surface area (Å²) >= 11 is 0. The van der Waals surface area contributed by atoms with E-state index in [1.54, 1.807) is 18.2 Å². The van der Waals surface area contributed by atoms with E-state index in [9.17, 15) is 4.39 Å². The highest BCUT2D eigenvalue weighted by molar-refractivity contribution is 5.63. The number of benzene rings is 1. The van der Waals surface area contributed by atoms with Crippen LogP contribution in [0.1, 0.15) is 12.0 Å². The second kappa shape index (κ2) is 6.81. The number of nitrogens with zero attached hydrogens (tertiary/aromatic N) is 2. The molecule has 1 aromatic carbocycles. The van der Waals surface area contributed by atoms with Crippen LogP contribution in [0, 0.1) is 11.7 Å². The van der Waals surface area contributed by atoms with E-state index in [2.05, 4.69) is 9.97 Å². The number of ether oxygens (including phenoxy) is 2. The van der Waals surface area contributed by atoms with Crippen LogP contribution in [-0.2, 0) is 11.3 Å². The summed E-state index contributed by atoms with van der Waals surface area (Å²) in [6.07, 6.45) is 4.03. The van der Waals surface area contributed by atoms with Gasteiger partial charge in [-0.25, -0.2) is 14.4 Å². The van der Waals surface area contributed by atoms with E-state index in [-0.39, 0.29) is 18.2 Å². The fraction of sp³-hybridized carbons (Fsp3) is 0.375. The number of aliphatic hydroxyl groups excluding tert-OH is 1. The Hall–Kier alpha value is -2.05. The van der Waals surface area contributed by atoms with Crippen molar-refractivity contribution in [2.75, 3.05) is 19.8 Å². The molecule has 1 aliphatic heterocycles. The summed E-state index contributed by atoms with van der Waals surface area (Å²) in [5, 5.41) is 9.11. The standard InChI is InChI=1S/C16H17FN2O3/c17-15-12(8-20)2-1-3-14(15)13-6-18-16(19-7-13)22-10-11-4-5-21-9-11/h1-3,6-7,11,20H,4-5,8-10H2. The number of halogens is 1. The summed E-state index contributed by atoms with van der Waals surface area (Å²) < 4.78 is 24.9. The smallest absolute Gasteiger partial charge is 0.316 e. The van der Waals surface area contributed by atoms with Crippen molar-refractivity contribution in [2.24, 2.45) is 5.92 Å². The van der Waals surface area contributed by atoms with Gasteiger partial charge in [0.2, 0.25) is 0 Å². The zero-order valence-electron chi connectivity index (χ0n) is 12.0. The van der Waals surface area contributed by atoms with Crippen LogP contribution >= 0.6 is 0 Å². The predicted octanol–water partition coefficient (Wildman–Crippen LogP) is 2.19. The van der Waals surface area contributed by atoms with Crippen molar-refractivity contribution >= 4 is 0 Å². The van der Waals surface area contributed by atoms with Gasteiger partial charge in [-0.3, -0.25) is 0 Å². The lowest BCUT2D eigenvalue weighted by Gasteiger charge is -2.09. The molecule has 6 heteroatoms. The molecular weight excluding hydrogens is 287 g/mol. The second-order valence-corrected chi connectivity index (χ2v) is 5.23. The van der Waals surface area contributed by atoms with Crippen molar-refractivity contribution in [2.45, 2.75) is 13.0 Å². The van der Waals surface area contributed by atoms with Crippen molar-refractivity contribution in [3.8, 4) is 17.1 Å². The van der Waals surface area contributed by atoms with Gasteiger partial charge >= 0.3 is 6.01 Å². The highest BCUT2D eigenvalue weighted by atomic mass is 19.1. The Labute approximate surface area is 127 Å². The van der Waals surface area contributed by atoms with Gasteiger partial charge in [-0.15, -0.1) is 0 Å². The Morgan fingerprint density at radius 1 is 1.32 bits per heavy atom. The molecule has 116 valence electrons. The second-order valence-electron chi connectivity index (χ2n) is 5.23. The first-order valence-corrected chi connectivity index (χ1v) is 7.19. The third-order valence-electron chi connectivity index (χ3n) is 3.66. The number of aromatic nitrogens is 2. The van der Waals surface area contributed by atoms with E-state index in [0.29, 0.717) is 30.3 Å². The lowest BCUT2D eigenvalue weighted by atomic mass is 10.1. The van der Waals surface area contributed by atoms with Gasteiger partial charge in [0.15, 0.2) is 0 Å². The van der Waals surface area contributed by atoms with Gasteiger partial charge in [-0.05, 0) is 6.42 Å². The minimum Gasteiger partial charge on any atom is -0.463 e. The van der Waals surface area contributed by atoms with Crippen LogP contribution in [0.4, 0.5) is 4.39 Å². The van der Waals surface area contributed by atoms with Crippen molar-refractivity contribution in [1.29, 1.82) is 0 Å². The first-order chi connectivity index (χ1) is 10.8. The number of rotatable bonds is 5. The molecule has 0 saturated carbocycles. The average molecular weight is 304 g/mol. The fourth-order valence-corrected chi connectivity index (χ4v) is 2.36. The number of aliphatic hydroxyl groups is 1. The minimum atomic E-state index is -0.453. The van der Waals surface area contributed by atoms with Crippen molar-refractivity contribution in [3.63, 3.8) is 0 Å². The van der Waals surface area contributed by atoms with Crippen molar-refractivity contribution < 1.29 is 19.0 Å². The van der Waals surface area contributed by atoms with E-state index < -0.39 is 5.82 Å². The monoisotopic (exact) mass is 304 g/mol. The predicted molar refractivity (Wildman–Crippen MR) is 77.8 cm³/mol. The average Bonchev–Trinajstić information content (AvgIpc) is 3.07. The van der Waals surface area contributed by atoms with Gasteiger partial charge in [0.1, 0.15) is 5.82 Å². The van der Waals surface area contributed by atoms with Crippen molar-refractivity contribution in [3.05, 3.63) is 42.0 Å². The van der Waals surface area contributed by atoms with Gasteiger partial charge in [-0.1, -0.05) is 18.2 Å². The normalized spacial score (nSPS) is 17.6. The van der Waals surface area contributed by atoms with Crippen molar-refractivity contribution in [1.82, 2.24) is 9.97 Å². The molecule has 0 aliphatic carbocycles. The zero-order chi connectivity index (χ0) is 15.4. The molecule has 1 saturated heterocycles. The van der Waals surface area contributed by atoms with Crippen LogP contribution in [0.25, 0.3) is 11.1 Å². The van der Waals surface area contributed by atoms with Crippen LogP contribution in [0.2, 0.25) is 0 Å². The maximum absolute atomic E-state index is 14.2. The third-order valence-corrected chi connectivity index (χ3v) is 3.66. The van der Waals surface area contributed by atoms with E-state index in [4.69, 9.17) is 14.6 Å². The highest BCUT2D eigenvalue weighted by Gasteiger charge is 2.17. The van der Waals surface area contributed by atoms with Crippen LogP contribution in [-0.4, -0.2) is 34.9 Å². The molecule has 1 aromatic heterocycles. The lowest BCUT2D eigenvalue weighted by molar-refractivity contribution is 0.163. The third kappa shape index (κ3) is 3.23. The maximum atomic E-state index is 14.2. The molecule has 0 amide bonds. The van der Waals surface area contributed by atoms with E-state index in [0.717, 1.165) is 13.0 Å². The van der Waals surface area contributed by atoms with Gasteiger partial charge in [0, 0.05) is 41.6 Å². The molecule has 5 nitrogen and oxygen atoms in total. The molecule has 22 heavy (non-hydrogen) atoms. The van der Waals surface area contributed by atoms with E-state index >= 15 is 0 Å². The summed E-state index contributed by atoms with van der Waals surface area (Å²) in [6, 6.07) is 5.13. The summed E-state index contributed by atoms with van der Waals surface area (Å²) in [5.74, 6) is -0.0765. The van der Waals surface area contributed by atoms with Gasteiger partial charge in [-0.2, -0.15) is 0 Å².